The van der Waals surface area contributed by atoms with Crippen LogP contribution in [0.2, 0.25) is 0 Å². The van der Waals surface area contributed by atoms with Crippen LogP contribution in [0, 0.1) is 0 Å². The second-order valence-electron chi connectivity index (χ2n) is 6.83. The first-order valence-corrected chi connectivity index (χ1v) is 9.16. The van der Waals surface area contributed by atoms with E-state index in [1.165, 1.54) is 18.4 Å². The molecular weight excluding hydrogens is 332 g/mol. The van der Waals surface area contributed by atoms with E-state index in [0.29, 0.717) is 18.2 Å². The highest BCUT2D eigenvalue weighted by atomic mass is 32.1. The van der Waals surface area contributed by atoms with E-state index in [2.05, 4.69) is 22.3 Å². The Morgan fingerprint density at radius 1 is 1.20 bits per heavy atom. The smallest absolute Gasteiger partial charge is 0.277 e. The summed E-state index contributed by atoms with van der Waals surface area (Å²) in [5.74, 6) is 0.551. The summed E-state index contributed by atoms with van der Waals surface area (Å²) >= 11 is 4.70. The van der Waals surface area contributed by atoms with Crippen molar-refractivity contribution in [3.8, 4) is 0 Å². The Morgan fingerprint density at radius 2 is 2.00 bits per heavy atom. The van der Waals surface area contributed by atoms with E-state index in [0.717, 1.165) is 18.4 Å². The summed E-state index contributed by atoms with van der Waals surface area (Å²) in [6.07, 6.45) is 6.36. The van der Waals surface area contributed by atoms with E-state index < -0.39 is 0 Å². The lowest BCUT2D eigenvalue weighted by Gasteiger charge is -2.38. The minimum absolute atomic E-state index is 0.0664. The van der Waals surface area contributed by atoms with Crippen LogP contribution < -0.4 is 5.56 Å². The van der Waals surface area contributed by atoms with Crippen molar-refractivity contribution in [1.82, 2.24) is 4.57 Å². The molecule has 4 nitrogen and oxygen atoms in total. The van der Waals surface area contributed by atoms with Gasteiger partial charge in [0.25, 0.3) is 5.56 Å². The molecule has 2 aromatic rings. The highest BCUT2D eigenvalue weighted by Gasteiger charge is 2.35. The molecule has 2 unspecified atom stereocenters. The SMILES string of the molecule is O=c1c(N=C=S)cc(C2CC2)cn1C1CCC1OCc1ccccc1. The molecule has 5 heteroatoms. The largest absolute Gasteiger partial charge is 0.371 e. The first-order valence-electron chi connectivity index (χ1n) is 8.76. The maximum absolute atomic E-state index is 12.7. The fourth-order valence-corrected chi connectivity index (χ4v) is 3.46. The van der Waals surface area contributed by atoms with Crippen LogP contribution >= 0.6 is 12.2 Å². The van der Waals surface area contributed by atoms with Crippen molar-refractivity contribution < 1.29 is 4.74 Å². The fraction of sp³-hybridized carbons (Fsp3) is 0.400. The molecule has 1 heterocycles. The number of aliphatic imine (C=N–C) groups is 1. The third-order valence-corrected chi connectivity index (χ3v) is 5.19. The maximum atomic E-state index is 12.7. The summed E-state index contributed by atoms with van der Waals surface area (Å²) in [5.41, 5.74) is 2.63. The molecule has 4 rings (SSSR count). The third kappa shape index (κ3) is 3.49. The number of thiocarbonyl (C=S) groups is 1. The molecule has 0 amide bonds. The minimum Gasteiger partial charge on any atom is -0.371 e. The van der Waals surface area contributed by atoms with Crippen LogP contribution in [0.25, 0.3) is 0 Å². The third-order valence-electron chi connectivity index (χ3n) is 5.10. The number of isothiocyanates is 1. The van der Waals surface area contributed by atoms with Gasteiger partial charge in [0, 0.05) is 6.20 Å². The van der Waals surface area contributed by atoms with Crippen molar-refractivity contribution in [3.63, 3.8) is 0 Å². The Balaban J connectivity index is 1.56. The molecule has 2 fully saturated rings. The highest BCUT2D eigenvalue weighted by molar-refractivity contribution is 7.78. The van der Waals surface area contributed by atoms with Crippen LogP contribution in [0.1, 0.15) is 48.8 Å². The van der Waals surface area contributed by atoms with E-state index in [1.54, 1.807) is 0 Å². The summed E-state index contributed by atoms with van der Waals surface area (Å²) in [7, 11) is 0. The predicted octanol–water partition coefficient (Wildman–Crippen LogP) is 4.38. The number of benzene rings is 1. The van der Waals surface area contributed by atoms with Gasteiger partial charge in [-0.05, 0) is 61.0 Å². The Bertz CT molecular complexity index is 867. The van der Waals surface area contributed by atoms with Gasteiger partial charge in [-0.1, -0.05) is 30.3 Å². The summed E-state index contributed by atoms with van der Waals surface area (Å²) in [6.45, 7) is 0.573. The minimum atomic E-state index is -0.0974. The molecule has 1 aromatic carbocycles. The van der Waals surface area contributed by atoms with E-state index in [1.807, 2.05) is 35.0 Å². The molecule has 2 aliphatic rings. The highest BCUT2D eigenvalue weighted by Crippen LogP contribution is 2.42. The van der Waals surface area contributed by atoms with Gasteiger partial charge in [-0.15, -0.1) is 0 Å². The molecular formula is C20H20N2O2S. The van der Waals surface area contributed by atoms with Gasteiger partial charge in [-0.3, -0.25) is 4.79 Å². The molecule has 0 aliphatic heterocycles. The Kier molecular flexibility index (Phi) is 4.62. The quantitative estimate of drug-likeness (QED) is 0.572. The maximum Gasteiger partial charge on any atom is 0.277 e. The molecule has 0 radical (unpaired) electrons. The number of rotatable bonds is 6. The molecule has 2 aliphatic carbocycles. The second kappa shape index (κ2) is 7.04. The monoisotopic (exact) mass is 352 g/mol. The molecule has 128 valence electrons. The van der Waals surface area contributed by atoms with E-state index >= 15 is 0 Å². The Labute approximate surface area is 152 Å². The Hall–Kier alpha value is -2.07. The summed E-state index contributed by atoms with van der Waals surface area (Å²) < 4.78 is 7.89. The first-order chi connectivity index (χ1) is 12.3. The van der Waals surface area contributed by atoms with Crippen molar-refractivity contribution in [2.24, 2.45) is 4.99 Å². The van der Waals surface area contributed by atoms with Gasteiger partial charge in [0.1, 0.15) is 5.69 Å². The Morgan fingerprint density at radius 3 is 2.64 bits per heavy atom. The topological polar surface area (TPSA) is 43.6 Å². The first kappa shape index (κ1) is 16.4. The zero-order chi connectivity index (χ0) is 17.2. The average molecular weight is 352 g/mol. The lowest BCUT2D eigenvalue weighted by Crippen LogP contribution is -2.41. The van der Waals surface area contributed by atoms with Crippen molar-refractivity contribution in [2.75, 3.05) is 0 Å². The predicted molar refractivity (Wildman–Crippen MR) is 101 cm³/mol. The molecule has 1 aromatic heterocycles. The number of hydrogen-bond donors (Lipinski definition) is 0. The van der Waals surface area contributed by atoms with Gasteiger partial charge in [0.05, 0.1) is 23.9 Å². The van der Waals surface area contributed by atoms with Crippen LogP contribution in [-0.2, 0) is 11.3 Å². The van der Waals surface area contributed by atoms with Crippen molar-refractivity contribution in [1.29, 1.82) is 0 Å². The van der Waals surface area contributed by atoms with Crippen molar-refractivity contribution in [3.05, 3.63) is 64.1 Å². The molecule has 0 N–H and O–H groups in total. The molecule has 25 heavy (non-hydrogen) atoms. The van der Waals surface area contributed by atoms with E-state index in [-0.39, 0.29) is 17.7 Å². The van der Waals surface area contributed by atoms with Crippen LogP contribution in [0.4, 0.5) is 5.69 Å². The van der Waals surface area contributed by atoms with Gasteiger partial charge >= 0.3 is 0 Å². The summed E-state index contributed by atoms with van der Waals surface area (Å²) in [4.78, 5) is 16.7. The summed E-state index contributed by atoms with van der Waals surface area (Å²) in [6, 6.07) is 12.1. The second-order valence-corrected chi connectivity index (χ2v) is 7.01. The van der Waals surface area contributed by atoms with Gasteiger partial charge < -0.3 is 9.30 Å². The molecule has 2 atom stereocenters. The normalized spacial score (nSPS) is 22.1. The standard InChI is InChI=1S/C20H20N2O2S/c23-20-17(21-13-25)10-16(15-6-7-15)11-22(20)18-8-9-19(18)24-12-14-4-2-1-3-5-14/h1-5,10-11,15,18-19H,6-9,12H2. The van der Waals surface area contributed by atoms with Gasteiger partial charge in [0.2, 0.25) is 0 Å². The molecule has 0 spiro atoms. The molecule has 2 saturated carbocycles. The van der Waals surface area contributed by atoms with Crippen LogP contribution in [-0.4, -0.2) is 15.8 Å². The average Bonchev–Trinajstić information content (AvgIpc) is 3.43. The number of nitrogens with zero attached hydrogens (tertiary/aromatic N) is 2. The number of pyridine rings is 1. The van der Waals surface area contributed by atoms with Crippen LogP contribution in [0.5, 0.6) is 0 Å². The lowest BCUT2D eigenvalue weighted by molar-refractivity contribution is -0.0503. The van der Waals surface area contributed by atoms with Gasteiger partial charge in [-0.2, -0.15) is 4.99 Å². The van der Waals surface area contributed by atoms with Gasteiger partial charge in [-0.25, -0.2) is 0 Å². The fourth-order valence-electron chi connectivity index (χ4n) is 3.37. The van der Waals surface area contributed by atoms with E-state index in [9.17, 15) is 4.79 Å². The molecule has 0 bridgehead atoms. The van der Waals surface area contributed by atoms with Crippen molar-refractivity contribution >= 4 is 23.1 Å². The van der Waals surface area contributed by atoms with Crippen molar-refractivity contribution in [2.45, 2.75) is 50.4 Å². The number of aromatic nitrogens is 1. The van der Waals surface area contributed by atoms with E-state index in [4.69, 9.17) is 17.0 Å². The zero-order valence-electron chi connectivity index (χ0n) is 13.9. The summed E-state index contributed by atoms with van der Waals surface area (Å²) in [5, 5.41) is 2.34. The number of hydrogen-bond acceptors (Lipinski definition) is 4. The number of ether oxygens (including phenoxy) is 1. The van der Waals surface area contributed by atoms with Gasteiger partial charge in [0.15, 0.2) is 0 Å². The molecule has 0 saturated heterocycles. The zero-order valence-corrected chi connectivity index (χ0v) is 14.7. The van der Waals surface area contributed by atoms with Crippen LogP contribution in [0.3, 0.4) is 0 Å². The van der Waals surface area contributed by atoms with Crippen LogP contribution in [0.15, 0.2) is 52.4 Å². The lowest BCUT2D eigenvalue weighted by atomic mass is 9.88.